The van der Waals surface area contributed by atoms with Gasteiger partial charge in [-0.1, -0.05) is 15.9 Å². The zero-order valence-corrected chi connectivity index (χ0v) is 11.2. The molecule has 1 N–H and O–H groups in total. The number of benzene rings is 1. The van der Waals surface area contributed by atoms with Gasteiger partial charge in [0.15, 0.2) is 0 Å². The largest absolute Gasteiger partial charge is 0.497 e. The first-order valence-corrected chi connectivity index (χ1v) is 6.17. The third-order valence-electron chi connectivity index (χ3n) is 2.00. The molecule has 0 aliphatic carbocycles. The Morgan fingerprint density at radius 3 is 2.78 bits per heavy atom. The van der Waals surface area contributed by atoms with Gasteiger partial charge < -0.3 is 14.8 Å². The summed E-state index contributed by atoms with van der Waals surface area (Å²) in [6, 6.07) is 4.20. The van der Waals surface area contributed by atoms with Crippen LogP contribution in [0.3, 0.4) is 0 Å². The van der Waals surface area contributed by atoms with Crippen molar-refractivity contribution in [2.75, 3.05) is 17.8 Å². The van der Waals surface area contributed by atoms with Crippen LogP contribution in [0.2, 0.25) is 0 Å². The van der Waals surface area contributed by atoms with Gasteiger partial charge in [0.25, 0.3) is 0 Å². The number of nitrogens with one attached hydrogen (secondary N) is 1. The molecule has 100 valence electrons. The van der Waals surface area contributed by atoms with E-state index < -0.39 is 6.61 Å². The van der Waals surface area contributed by atoms with Crippen LogP contribution in [-0.4, -0.2) is 25.0 Å². The summed E-state index contributed by atoms with van der Waals surface area (Å²) in [5.74, 6) is 0.0266. The van der Waals surface area contributed by atoms with Crippen molar-refractivity contribution in [1.82, 2.24) is 0 Å². The summed E-state index contributed by atoms with van der Waals surface area (Å²) in [4.78, 5) is 11.4. The van der Waals surface area contributed by atoms with Crippen molar-refractivity contribution in [1.29, 1.82) is 0 Å². The molecule has 0 aliphatic rings. The zero-order chi connectivity index (χ0) is 13.5. The Morgan fingerprint density at radius 2 is 2.22 bits per heavy atom. The minimum Gasteiger partial charge on any atom is -0.497 e. The molecular formula is C11H12BrF2NO3. The van der Waals surface area contributed by atoms with Gasteiger partial charge in [-0.3, -0.25) is 4.79 Å². The molecule has 0 radical (unpaired) electrons. The predicted molar refractivity (Wildman–Crippen MR) is 66.7 cm³/mol. The van der Waals surface area contributed by atoms with Crippen LogP contribution in [-0.2, 0) is 4.79 Å². The van der Waals surface area contributed by atoms with Gasteiger partial charge in [-0.2, -0.15) is 8.78 Å². The van der Waals surface area contributed by atoms with E-state index in [0.29, 0.717) is 11.1 Å². The van der Waals surface area contributed by atoms with Crippen LogP contribution >= 0.6 is 15.9 Å². The molecule has 1 rings (SSSR count). The maximum atomic E-state index is 12.2. The number of carbonyl (C=O) groups is 1. The van der Waals surface area contributed by atoms with Crippen molar-refractivity contribution in [3.8, 4) is 11.5 Å². The normalized spacial score (nSPS) is 10.3. The SMILES string of the molecule is COc1ccc(OC(F)F)c(NC(=O)CCBr)c1. The Labute approximate surface area is 111 Å². The fourth-order valence-corrected chi connectivity index (χ4v) is 1.59. The number of hydrogen-bond acceptors (Lipinski definition) is 3. The number of carbonyl (C=O) groups excluding carboxylic acids is 1. The van der Waals surface area contributed by atoms with Crippen molar-refractivity contribution >= 4 is 27.5 Å². The molecular weight excluding hydrogens is 312 g/mol. The second-order valence-electron chi connectivity index (χ2n) is 3.23. The smallest absolute Gasteiger partial charge is 0.387 e. The molecule has 7 heteroatoms. The Morgan fingerprint density at radius 1 is 1.50 bits per heavy atom. The van der Waals surface area contributed by atoms with E-state index in [-0.39, 0.29) is 23.8 Å². The van der Waals surface area contributed by atoms with Crippen LogP contribution in [0.25, 0.3) is 0 Å². The highest BCUT2D eigenvalue weighted by Crippen LogP contribution is 2.30. The second-order valence-corrected chi connectivity index (χ2v) is 4.02. The molecule has 0 bridgehead atoms. The Kier molecular flexibility index (Phi) is 5.84. The first kappa shape index (κ1) is 14.7. The molecule has 0 atom stereocenters. The molecule has 0 aliphatic heterocycles. The van der Waals surface area contributed by atoms with Crippen molar-refractivity contribution in [2.45, 2.75) is 13.0 Å². The molecule has 1 amide bonds. The molecule has 0 spiro atoms. The van der Waals surface area contributed by atoms with E-state index in [2.05, 4.69) is 26.0 Å². The van der Waals surface area contributed by atoms with E-state index in [0.717, 1.165) is 0 Å². The number of alkyl halides is 3. The first-order chi connectivity index (χ1) is 8.56. The lowest BCUT2D eigenvalue weighted by atomic mass is 10.2. The van der Waals surface area contributed by atoms with Crippen molar-refractivity contribution < 1.29 is 23.0 Å². The van der Waals surface area contributed by atoms with Gasteiger partial charge in [-0.05, 0) is 12.1 Å². The Hall–Kier alpha value is -1.37. The van der Waals surface area contributed by atoms with Gasteiger partial charge in [0.2, 0.25) is 5.91 Å². The average molecular weight is 324 g/mol. The Bertz CT molecular complexity index is 415. The van der Waals surface area contributed by atoms with Gasteiger partial charge in [-0.15, -0.1) is 0 Å². The number of rotatable bonds is 6. The number of ether oxygens (including phenoxy) is 2. The van der Waals surface area contributed by atoms with E-state index >= 15 is 0 Å². The highest BCUT2D eigenvalue weighted by Gasteiger charge is 2.13. The minimum absolute atomic E-state index is 0.103. The lowest BCUT2D eigenvalue weighted by Gasteiger charge is -2.12. The van der Waals surface area contributed by atoms with Gasteiger partial charge in [0.1, 0.15) is 11.5 Å². The number of hydrogen-bond donors (Lipinski definition) is 1. The van der Waals surface area contributed by atoms with E-state index in [4.69, 9.17) is 4.74 Å². The van der Waals surface area contributed by atoms with E-state index in [1.807, 2.05) is 0 Å². The van der Waals surface area contributed by atoms with Crippen molar-refractivity contribution in [3.05, 3.63) is 18.2 Å². The number of methoxy groups -OCH3 is 1. The highest BCUT2D eigenvalue weighted by atomic mass is 79.9. The molecule has 4 nitrogen and oxygen atoms in total. The zero-order valence-electron chi connectivity index (χ0n) is 9.58. The number of halogens is 3. The van der Waals surface area contributed by atoms with E-state index in [1.54, 1.807) is 0 Å². The minimum atomic E-state index is -2.95. The summed E-state index contributed by atoms with van der Waals surface area (Å²) in [5, 5.41) is 2.96. The topological polar surface area (TPSA) is 47.6 Å². The summed E-state index contributed by atoms with van der Waals surface area (Å²) in [6.07, 6.45) is 0.228. The second kappa shape index (κ2) is 7.15. The number of anilines is 1. The van der Waals surface area contributed by atoms with Gasteiger partial charge in [-0.25, -0.2) is 0 Å². The molecule has 0 saturated carbocycles. The average Bonchev–Trinajstić information content (AvgIpc) is 2.31. The van der Waals surface area contributed by atoms with Crippen LogP contribution in [0.4, 0.5) is 14.5 Å². The molecule has 1 aromatic rings. The summed E-state index contributed by atoms with van der Waals surface area (Å²) in [5.41, 5.74) is 0.153. The summed E-state index contributed by atoms with van der Waals surface area (Å²) < 4.78 is 33.7. The molecule has 1 aromatic carbocycles. The quantitative estimate of drug-likeness (QED) is 0.818. The van der Waals surface area contributed by atoms with Crippen LogP contribution in [0.5, 0.6) is 11.5 Å². The highest BCUT2D eigenvalue weighted by molar-refractivity contribution is 9.09. The van der Waals surface area contributed by atoms with E-state index in [1.165, 1.54) is 25.3 Å². The number of amides is 1. The third kappa shape index (κ3) is 4.48. The summed E-state index contributed by atoms with van der Waals surface area (Å²) in [6.45, 7) is -2.95. The predicted octanol–water partition coefficient (Wildman–Crippen LogP) is 3.02. The standard InChI is InChI=1S/C11H12BrF2NO3/c1-17-7-2-3-9(18-11(13)14)8(6-7)15-10(16)4-5-12/h2-3,6,11H,4-5H2,1H3,(H,15,16). The van der Waals surface area contributed by atoms with Gasteiger partial charge in [0, 0.05) is 17.8 Å². The van der Waals surface area contributed by atoms with Crippen LogP contribution < -0.4 is 14.8 Å². The fraction of sp³-hybridized carbons (Fsp3) is 0.364. The lowest BCUT2D eigenvalue weighted by Crippen LogP contribution is -2.13. The van der Waals surface area contributed by atoms with Gasteiger partial charge in [0.05, 0.1) is 12.8 Å². The third-order valence-corrected chi connectivity index (χ3v) is 2.39. The molecule has 0 unspecified atom stereocenters. The van der Waals surface area contributed by atoms with Crippen LogP contribution in [0.1, 0.15) is 6.42 Å². The molecule has 0 saturated heterocycles. The van der Waals surface area contributed by atoms with Crippen molar-refractivity contribution in [2.24, 2.45) is 0 Å². The maximum absolute atomic E-state index is 12.2. The maximum Gasteiger partial charge on any atom is 0.387 e. The summed E-state index contributed by atoms with van der Waals surface area (Å²) in [7, 11) is 1.44. The van der Waals surface area contributed by atoms with E-state index in [9.17, 15) is 13.6 Å². The fourth-order valence-electron chi connectivity index (χ4n) is 1.23. The summed E-state index contributed by atoms with van der Waals surface area (Å²) >= 11 is 3.11. The van der Waals surface area contributed by atoms with Crippen LogP contribution in [0.15, 0.2) is 18.2 Å². The van der Waals surface area contributed by atoms with Gasteiger partial charge >= 0.3 is 6.61 Å². The molecule has 0 fully saturated rings. The Balaban J connectivity index is 2.92. The monoisotopic (exact) mass is 323 g/mol. The molecule has 18 heavy (non-hydrogen) atoms. The first-order valence-electron chi connectivity index (χ1n) is 5.05. The van der Waals surface area contributed by atoms with Crippen LogP contribution in [0, 0.1) is 0 Å². The lowest BCUT2D eigenvalue weighted by molar-refractivity contribution is -0.115. The molecule has 0 heterocycles. The molecule has 0 aromatic heterocycles. The van der Waals surface area contributed by atoms with Crippen molar-refractivity contribution in [3.63, 3.8) is 0 Å².